The first kappa shape index (κ1) is 19.0. The van der Waals surface area contributed by atoms with Crippen LogP contribution in [0.2, 0.25) is 5.02 Å². The zero-order chi connectivity index (χ0) is 20.7. The van der Waals surface area contributed by atoms with Gasteiger partial charge in [0.05, 0.1) is 16.2 Å². The zero-order valence-electron chi connectivity index (χ0n) is 16.7. The minimum atomic E-state index is 0.404. The number of nitrogen functional groups attached to an aromatic ring is 1. The van der Waals surface area contributed by atoms with E-state index < -0.39 is 0 Å². The third kappa shape index (κ3) is 3.21. The molecule has 4 N–H and O–H groups in total. The summed E-state index contributed by atoms with van der Waals surface area (Å²) in [7, 11) is 0. The number of benzene rings is 1. The summed E-state index contributed by atoms with van der Waals surface area (Å²) in [6.07, 6.45) is 10.1. The van der Waals surface area contributed by atoms with Crippen molar-refractivity contribution in [3.8, 4) is 11.4 Å². The average molecular weight is 421 g/mol. The standard InChI is InChI=1S/C23H25ClN6/c1-2-26-13-14-6-8-15(9-7-14)23-29-20(21-22(25)27-10-11-30(21)23)18-12-16-4-3-5-17(24)19(16)28-18/h2-5,10-12,14-15,26,28H,1,6-9,13H2,(H2,25,27). The van der Waals surface area contributed by atoms with Gasteiger partial charge in [0.1, 0.15) is 22.9 Å². The molecule has 0 atom stereocenters. The summed E-state index contributed by atoms with van der Waals surface area (Å²) in [5.74, 6) is 2.64. The van der Waals surface area contributed by atoms with E-state index >= 15 is 0 Å². The first-order valence-corrected chi connectivity index (χ1v) is 10.8. The predicted octanol–water partition coefficient (Wildman–Crippen LogP) is 5.12. The summed E-state index contributed by atoms with van der Waals surface area (Å²) >= 11 is 6.38. The molecule has 6 nitrogen and oxygen atoms in total. The van der Waals surface area contributed by atoms with Crippen LogP contribution in [0.4, 0.5) is 5.82 Å². The Morgan fingerprint density at radius 1 is 1.30 bits per heavy atom. The maximum Gasteiger partial charge on any atom is 0.150 e. The van der Waals surface area contributed by atoms with Crippen molar-refractivity contribution in [3.63, 3.8) is 0 Å². The molecule has 3 aromatic heterocycles. The predicted molar refractivity (Wildman–Crippen MR) is 123 cm³/mol. The van der Waals surface area contributed by atoms with Crippen LogP contribution in [-0.4, -0.2) is 25.9 Å². The summed E-state index contributed by atoms with van der Waals surface area (Å²) < 4.78 is 2.12. The number of anilines is 1. The lowest BCUT2D eigenvalue weighted by atomic mass is 9.81. The Labute approximate surface area is 180 Å². The van der Waals surface area contributed by atoms with E-state index in [2.05, 4.69) is 32.3 Å². The fraction of sp³-hybridized carbons (Fsp3) is 0.304. The van der Waals surface area contributed by atoms with Gasteiger partial charge in [-0.1, -0.05) is 30.3 Å². The van der Waals surface area contributed by atoms with Crippen molar-refractivity contribution >= 4 is 33.8 Å². The van der Waals surface area contributed by atoms with Crippen molar-refractivity contribution in [3.05, 3.63) is 60.3 Å². The molecule has 0 saturated heterocycles. The molecule has 0 amide bonds. The SMILES string of the molecule is C=CNCC1CCC(c2nc(-c3cc4cccc(Cl)c4[nH]3)c3c(N)nccn23)CC1. The molecule has 0 bridgehead atoms. The number of imidazole rings is 1. The van der Waals surface area contributed by atoms with E-state index in [1.54, 1.807) is 12.4 Å². The van der Waals surface area contributed by atoms with Crippen molar-refractivity contribution in [1.29, 1.82) is 0 Å². The molecule has 1 saturated carbocycles. The number of aromatic amines is 1. The summed E-state index contributed by atoms with van der Waals surface area (Å²) in [6.45, 7) is 4.75. The fourth-order valence-electron chi connectivity index (χ4n) is 4.68. The van der Waals surface area contributed by atoms with Crippen LogP contribution in [0.25, 0.3) is 27.8 Å². The molecular weight excluding hydrogens is 396 g/mol. The zero-order valence-corrected chi connectivity index (χ0v) is 17.5. The minimum absolute atomic E-state index is 0.404. The molecule has 1 aliphatic carbocycles. The summed E-state index contributed by atoms with van der Waals surface area (Å²) in [5.41, 5.74) is 9.81. The molecule has 0 spiro atoms. The monoisotopic (exact) mass is 420 g/mol. The van der Waals surface area contributed by atoms with E-state index in [4.69, 9.17) is 22.3 Å². The Hall–Kier alpha value is -2.99. The van der Waals surface area contributed by atoms with Crippen molar-refractivity contribution in [1.82, 2.24) is 24.7 Å². The lowest BCUT2D eigenvalue weighted by Gasteiger charge is -2.27. The maximum atomic E-state index is 6.38. The molecule has 0 aliphatic heterocycles. The number of rotatable bonds is 5. The smallest absolute Gasteiger partial charge is 0.150 e. The number of para-hydroxylation sites is 1. The molecule has 0 radical (unpaired) electrons. The van der Waals surface area contributed by atoms with E-state index in [1.165, 1.54) is 12.8 Å². The van der Waals surface area contributed by atoms with Crippen molar-refractivity contribution in [2.45, 2.75) is 31.6 Å². The molecular formula is C23H25ClN6. The van der Waals surface area contributed by atoms with Gasteiger partial charge in [0.2, 0.25) is 0 Å². The van der Waals surface area contributed by atoms with E-state index in [0.717, 1.165) is 53.0 Å². The van der Waals surface area contributed by atoms with Crippen LogP contribution >= 0.6 is 11.6 Å². The average Bonchev–Trinajstić information content (AvgIpc) is 3.36. The lowest BCUT2D eigenvalue weighted by molar-refractivity contribution is 0.316. The maximum absolute atomic E-state index is 6.38. The highest BCUT2D eigenvalue weighted by Gasteiger charge is 2.27. The van der Waals surface area contributed by atoms with E-state index in [-0.39, 0.29) is 0 Å². The van der Waals surface area contributed by atoms with Crippen LogP contribution in [0.5, 0.6) is 0 Å². The number of fused-ring (bicyclic) bond motifs is 2. The number of hydrogen-bond acceptors (Lipinski definition) is 4. The normalized spacial score (nSPS) is 19.4. The van der Waals surface area contributed by atoms with Gasteiger partial charge in [-0.05, 0) is 49.9 Å². The van der Waals surface area contributed by atoms with Crippen LogP contribution in [0.1, 0.15) is 37.4 Å². The molecule has 1 aromatic carbocycles. The second-order valence-corrected chi connectivity index (χ2v) is 8.47. The van der Waals surface area contributed by atoms with Crippen LogP contribution in [-0.2, 0) is 0 Å². The summed E-state index contributed by atoms with van der Waals surface area (Å²) in [6, 6.07) is 7.96. The second-order valence-electron chi connectivity index (χ2n) is 8.07. The Kier molecular flexibility index (Phi) is 4.87. The van der Waals surface area contributed by atoms with Crippen LogP contribution in [0.3, 0.4) is 0 Å². The fourth-order valence-corrected chi connectivity index (χ4v) is 4.91. The summed E-state index contributed by atoms with van der Waals surface area (Å²) in [5, 5.41) is 5.00. The highest BCUT2D eigenvalue weighted by molar-refractivity contribution is 6.35. The largest absolute Gasteiger partial charge is 0.391 e. The Balaban J connectivity index is 1.56. The second kappa shape index (κ2) is 7.69. The Morgan fingerprint density at radius 2 is 2.13 bits per heavy atom. The molecule has 30 heavy (non-hydrogen) atoms. The van der Waals surface area contributed by atoms with Crippen molar-refractivity contribution in [2.24, 2.45) is 5.92 Å². The van der Waals surface area contributed by atoms with Crippen molar-refractivity contribution < 1.29 is 0 Å². The van der Waals surface area contributed by atoms with Gasteiger partial charge in [-0.3, -0.25) is 4.40 Å². The van der Waals surface area contributed by atoms with Gasteiger partial charge in [0, 0.05) is 30.2 Å². The number of nitrogens with two attached hydrogens (primary N) is 1. The number of halogens is 1. The molecule has 0 unspecified atom stereocenters. The number of nitrogens with one attached hydrogen (secondary N) is 2. The number of hydrogen-bond donors (Lipinski definition) is 3. The number of aromatic nitrogens is 4. The van der Waals surface area contributed by atoms with E-state index in [9.17, 15) is 0 Å². The molecule has 1 fully saturated rings. The molecule has 3 heterocycles. The Morgan fingerprint density at radius 3 is 2.90 bits per heavy atom. The molecule has 154 valence electrons. The van der Waals surface area contributed by atoms with Gasteiger partial charge in [-0.2, -0.15) is 0 Å². The van der Waals surface area contributed by atoms with Gasteiger partial charge < -0.3 is 16.0 Å². The summed E-state index contributed by atoms with van der Waals surface area (Å²) in [4.78, 5) is 12.9. The quantitative estimate of drug-likeness (QED) is 0.418. The van der Waals surface area contributed by atoms with Crippen LogP contribution in [0, 0.1) is 5.92 Å². The van der Waals surface area contributed by atoms with Gasteiger partial charge in [-0.15, -0.1) is 0 Å². The first-order chi connectivity index (χ1) is 14.7. The number of nitrogens with zero attached hydrogens (tertiary/aromatic N) is 3. The van der Waals surface area contributed by atoms with Gasteiger partial charge >= 0.3 is 0 Å². The third-order valence-corrected chi connectivity index (χ3v) is 6.55. The van der Waals surface area contributed by atoms with Gasteiger partial charge in [-0.25, -0.2) is 9.97 Å². The molecule has 4 aromatic rings. The highest BCUT2D eigenvalue weighted by atomic mass is 35.5. The van der Waals surface area contributed by atoms with E-state index in [0.29, 0.717) is 22.7 Å². The Bertz CT molecular complexity index is 1220. The van der Waals surface area contributed by atoms with E-state index in [1.807, 2.05) is 24.4 Å². The van der Waals surface area contributed by atoms with Crippen molar-refractivity contribution in [2.75, 3.05) is 12.3 Å². The minimum Gasteiger partial charge on any atom is -0.391 e. The first-order valence-electron chi connectivity index (χ1n) is 10.4. The number of H-pyrrole nitrogens is 1. The third-order valence-electron chi connectivity index (χ3n) is 6.23. The highest BCUT2D eigenvalue weighted by Crippen LogP contribution is 2.39. The molecule has 7 heteroatoms. The van der Waals surface area contributed by atoms with Gasteiger partial charge in [0.25, 0.3) is 0 Å². The molecule has 1 aliphatic rings. The van der Waals surface area contributed by atoms with Crippen LogP contribution in [0.15, 0.2) is 49.4 Å². The van der Waals surface area contributed by atoms with Gasteiger partial charge in [0.15, 0.2) is 0 Å². The van der Waals surface area contributed by atoms with Crippen LogP contribution < -0.4 is 11.1 Å². The lowest BCUT2D eigenvalue weighted by Crippen LogP contribution is -2.23. The molecule has 5 rings (SSSR count). The topological polar surface area (TPSA) is 84.0 Å².